The number of anilines is 1. The third kappa shape index (κ3) is 2.74. The van der Waals surface area contributed by atoms with E-state index in [-0.39, 0.29) is 5.95 Å². The summed E-state index contributed by atoms with van der Waals surface area (Å²) in [6, 6.07) is 3.69. The third-order valence-electron chi connectivity index (χ3n) is 2.16. The molecule has 0 unspecified atom stereocenters. The van der Waals surface area contributed by atoms with E-state index in [4.69, 9.17) is 5.84 Å². The molecular weight excluding hydrogens is 258 g/mol. The average molecular weight is 268 g/mol. The summed E-state index contributed by atoms with van der Waals surface area (Å²) in [7, 11) is 0. The second-order valence-electron chi connectivity index (χ2n) is 3.50. The van der Waals surface area contributed by atoms with Gasteiger partial charge in [0.05, 0.1) is 0 Å². The zero-order valence-corrected chi connectivity index (χ0v) is 10.3. The second-order valence-corrected chi connectivity index (χ2v) is 4.57. The Morgan fingerprint density at radius 2 is 2.06 bits per heavy atom. The van der Waals surface area contributed by atoms with E-state index in [1.165, 1.54) is 17.8 Å². The fraction of sp³-hybridized carbons (Fsp3) is 0.0909. The molecule has 0 fully saturated rings. The maximum atomic E-state index is 13.1. The maximum absolute atomic E-state index is 13.1. The van der Waals surface area contributed by atoms with Gasteiger partial charge in [0, 0.05) is 16.7 Å². The molecule has 0 amide bonds. The average Bonchev–Trinajstić information content (AvgIpc) is 2.36. The van der Waals surface area contributed by atoms with Crippen LogP contribution in [0.5, 0.6) is 0 Å². The standard InChI is InChI=1S/C11H10F2N4S/c1-6-5-15-11(17-14)16-10(6)18-7-2-3-8(12)9(13)4-7/h2-5H,14H2,1H3,(H,15,16,17). The minimum absolute atomic E-state index is 0.269. The molecular formula is C11H10F2N4S. The Hall–Kier alpha value is -1.73. The van der Waals surface area contributed by atoms with Crippen LogP contribution >= 0.6 is 11.8 Å². The predicted octanol–water partition coefficient (Wildman–Crippen LogP) is 2.50. The Kier molecular flexibility index (Phi) is 3.73. The van der Waals surface area contributed by atoms with Crippen molar-refractivity contribution in [3.05, 3.63) is 41.6 Å². The molecule has 2 aromatic rings. The van der Waals surface area contributed by atoms with Crippen molar-refractivity contribution in [2.75, 3.05) is 5.43 Å². The van der Waals surface area contributed by atoms with Crippen LogP contribution in [0.3, 0.4) is 0 Å². The first kappa shape index (κ1) is 12.7. The number of hydrogen-bond donors (Lipinski definition) is 2. The van der Waals surface area contributed by atoms with E-state index in [1.54, 1.807) is 6.20 Å². The number of rotatable bonds is 3. The van der Waals surface area contributed by atoms with Crippen molar-refractivity contribution in [3.63, 3.8) is 0 Å². The van der Waals surface area contributed by atoms with Crippen LogP contribution in [0.1, 0.15) is 5.56 Å². The van der Waals surface area contributed by atoms with Crippen molar-refractivity contribution >= 4 is 17.7 Å². The monoisotopic (exact) mass is 268 g/mol. The normalized spacial score (nSPS) is 10.4. The molecule has 0 saturated heterocycles. The fourth-order valence-corrected chi connectivity index (χ4v) is 2.12. The summed E-state index contributed by atoms with van der Waals surface area (Å²) >= 11 is 1.21. The van der Waals surface area contributed by atoms with Gasteiger partial charge in [0.2, 0.25) is 5.95 Å². The molecule has 7 heteroatoms. The Labute approximate surface area is 107 Å². The number of aryl methyl sites for hydroxylation is 1. The highest BCUT2D eigenvalue weighted by atomic mass is 32.2. The lowest BCUT2D eigenvalue weighted by atomic mass is 10.3. The number of nitrogens with one attached hydrogen (secondary N) is 1. The van der Waals surface area contributed by atoms with Gasteiger partial charge >= 0.3 is 0 Å². The van der Waals surface area contributed by atoms with Crippen molar-refractivity contribution in [2.45, 2.75) is 16.8 Å². The van der Waals surface area contributed by atoms with Gasteiger partial charge in [0.15, 0.2) is 11.6 Å². The molecule has 0 radical (unpaired) electrons. The number of nitrogens with zero attached hydrogens (tertiary/aromatic N) is 2. The molecule has 18 heavy (non-hydrogen) atoms. The smallest absolute Gasteiger partial charge is 0.238 e. The maximum Gasteiger partial charge on any atom is 0.238 e. The Morgan fingerprint density at radius 1 is 1.28 bits per heavy atom. The first-order valence-corrected chi connectivity index (χ1v) is 5.85. The van der Waals surface area contributed by atoms with Gasteiger partial charge in [-0.2, -0.15) is 0 Å². The van der Waals surface area contributed by atoms with E-state index in [0.29, 0.717) is 9.92 Å². The molecule has 0 aliphatic carbocycles. The van der Waals surface area contributed by atoms with Crippen LogP contribution in [0.15, 0.2) is 34.3 Å². The van der Waals surface area contributed by atoms with E-state index in [2.05, 4.69) is 15.4 Å². The van der Waals surface area contributed by atoms with E-state index in [1.807, 2.05) is 6.92 Å². The fourth-order valence-electron chi connectivity index (χ4n) is 1.25. The van der Waals surface area contributed by atoms with Crippen LogP contribution in [-0.2, 0) is 0 Å². The topological polar surface area (TPSA) is 63.8 Å². The molecule has 0 aliphatic rings. The number of halogens is 2. The van der Waals surface area contributed by atoms with Crippen LogP contribution < -0.4 is 11.3 Å². The van der Waals surface area contributed by atoms with Crippen LogP contribution in [0.25, 0.3) is 0 Å². The molecule has 0 atom stereocenters. The summed E-state index contributed by atoms with van der Waals surface area (Å²) in [4.78, 5) is 8.63. The molecule has 0 bridgehead atoms. The largest absolute Gasteiger partial charge is 0.292 e. The first-order valence-electron chi connectivity index (χ1n) is 5.03. The van der Waals surface area contributed by atoms with Gasteiger partial charge in [-0.3, -0.25) is 5.43 Å². The van der Waals surface area contributed by atoms with Gasteiger partial charge in [-0.05, 0) is 25.1 Å². The molecule has 0 saturated carbocycles. The minimum Gasteiger partial charge on any atom is -0.292 e. The van der Waals surface area contributed by atoms with Crippen molar-refractivity contribution in [3.8, 4) is 0 Å². The van der Waals surface area contributed by atoms with Crippen LogP contribution in [0, 0.1) is 18.6 Å². The van der Waals surface area contributed by atoms with Crippen molar-refractivity contribution in [1.82, 2.24) is 9.97 Å². The first-order chi connectivity index (χ1) is 8.60. The number of hydrogen-bond acceptors (Lipinski definition) is 5. The molecule has 0 spiro atoms. The van der Waals surface area contributed by atoms with E-state index < -0.39 is 11.6 Å². The highest BCUT2D eigenvalue weighted by molar-refractivity contribution is 7.99. The summed E-state index contributed by atoms with van der Waals surface area (Å²) in [5, 5.41) is 0.629. The molecule has 3 N–H and O–H groups in total. The Bertz CT molecular complexity index is 577. The quantitative estimate of drug-likeness (QED) is 0.508. The number of hydrazine groups is 1. The van der Waals surface area contributed by atoms with E-state index in [0.717, 1.165) is 17.7 Å². The van der Waals surface area contributed by atoms with E-state index >= 15 is 0 Å². The molecule has 2 rings (SSSR count). The van der Waals surface area contributed by atoms with Gasteiger partial charge in [-0.1, -0.05) is 11.8 Å². The van der Waals surface area contributed by atoms with Crippen LogP contribution in [-0.4, -0.2) is 9.97 Å². The highest BCUT2D eigenvalue weighted by Gasteiger charge is 2.08. The lowest BCUT2D eigenvalue weighted by Crippen LogP contribution is -2.10. The van der Waals surface area contributed by atoms with Crippen LogP contribution in [0.4, 0.5) is 14.7 Å². The molecule has 1 heterocycles. The lowest BCUT2D eigenvalue weighted by molar-refractivity contribution is 0.506. The molecule has 4 nitrogen and oxygen atoms in total. The number of aromatic nitrogens is 2. The van der Waals surface area contributed by atoms with Crippen LogP contribution in [0.2, 0.25) is 0 Å². The predicted molar refractivity (Wildman–Crippen MR) is 65.1 cm³/mol. The summed E-state index contributed by atoms with van der Waals surface area (Å²) in [6.07, 6.45) is 1.60. The highest BCUT2D eigenvalue weighted by Crippen LogP contribution is 2.29. The summed E-state index contributed by atoms with van der Waals surface area (Å²) in [5.74, 6) is 3.72. The molecule has 94 valence electrons. The second kappa shape index (κ2) is 5.28. The zero-order valence-electron chi connectivity index (χ0n) is 9.45. The summed E-state index contributed by atoms with van der Waals surface area (Å²) < 4.78 is 25.9. The van der Waals surface area contributed by atoms with Gasteiger partial charge in [-0.25, -0.2) is 24.6 Å². The van der Waals surface area contributed by atoms with Crippen molar-refractivity contribution < 1.29 is 8.78 Å². The van der Waals surface area contributed by atoms with Gasteiger partial charge in [-0.15, -0.1) is 0 Å². The minimum atomic E-state index is -0.885. The van der Waals surface area contributed by atoms with Gasteiger partial charge < -0.3 is 0 Å². The molecule has 0 aliphatic heterocycles. The summed E-state index contributed by atoms with van der Waals surface area (Å²) in [6.45, 7) is 1.82. The molecule has 1 aromatic carbocycles. The number of nitrogens with two attached hydrogens (primary N) is 1. The van der Waals surface area contributed by atoms with Crippen molar-refractivity contribution in [2.24, 2.45) is 5.84 Å². The number of nitrogen functional groups attached to an aromatic ring is 1. The Balaban J connectivity index is 2.30. The molecule has 1 aromatic heterocycles. The zero-order chi connectivity index (χ0) is 13.1. The SMILES string of the molecule is Cc1cnc(NN)nc1Sc1ccc(F)c(F)c1. The third-order valence-corrected chi connectivity index (χ3v) is 3.26. The van der Waals surface area contributed by atoms with Gasteiger partial charge in [0.1, 0.15) is 5.03 Å². The lowest BCUT2D eigenvalue weighted by Gasteiger charge is -2.06. The Morgan fingerprint density at radius 3 is 2.72 bits per heavy atom. The summed E-state index contributed by atoms with van der Waals surface area (Å²) in [5.41, 5.74) is 3.15. The number of benzene rings is 1. The van der Waals surface area contributed by atoms with Crippen molar-refractivity contribution in [1.29, 1.82) is 0 Å². The van der Waals surface area contributed by atoms with Gasteiger partial charge in [0.25, 0.3) is 0 Å². The van der Waals surface area contributed by atoms with E-state index in [9.17, 15) is 8.78 Å².